The number of nitrogens with zero attached hydrogens (tertiary/aromatic N) is 4. The van der Waals surface area contributed by atoms with E-state index in [4.69, 9.17) is 9.15 Å². The van der Waals surface area contributed by atoms with Gasteiger partial charge < -0.3 is 14.5 Å². The number of para-hydroxylation sites is 1. The van der Waals surface area contributed by atoms with Gasteiger partial charge in [-0.15, -0.1) is 0 Å². The topological polar surface area (TPSA) is 140 Å². The summed E-state index contributed by atoms with van der Waals surface area (Å²) in [7, 11) is 1.49. The summed E-state index contributed by atoms with van der Waals surface area (Å²) in [6, 6.07) is 14.2. The Morgan fingerprint density at radius 3 is 2.79 bits per heavy atom. The van der Waals surface area contributed by atoms with Crippen LogP contribution in [0.15, 0.2) is 63.0 Å². The molecule has 0 aliphatic heterocycles. The van der Waals surface area contributed by atoms with Crippen molar-refractivity contribution in [3.63, 3.8) is 0 Å². The van der Waals surface area contributed by atoms with Crippen LogP contribution in [0.2, 0.25) is 0 Å². The molecule has 0 spiro atoms. The molecule has 0 atom stereocenters. The molecule has 0 aliphatic rings. The van der Waals surface area contributed by atoms with Crippen LogP contribution in [-0.2, 0) is 16.1 Å². The number of hydrogen-bond donors (Lipinski definition) is 1. The van der Waals surface area contributed by atoms with E-state index in [1.165, 1.54) is 35.1 Å². The van der Waals surface area contributed by atoms with Gasteiger partial charge in [0.15, 0.2) is 4.96 Å². The molecule has 0 aliphatic carbocycles. The lowest BCUT2D eigenvalue weighted by Crippen LogP contribution is -2.21. The fraction of sp³-hybridized carbons (Fsp3) is 0.154. The Balaban J connectivity index is 1.35. The monoisotopic (exact) mass is 545 g/mol. The summed E-state index contributed by atoms with van der Waals surface area (Å²) in [6.45, 7) is 1.47. The molecule has 5 aromatic rings. The zero-order valence-electron chi connectivity index (χ0n) is 20.2. The molecule has 5 rings (SSSR count). The molecule has 0 fully saturated rings. The maximum absolute atomic E-state index is 12.7. The van der Waals surface area contributed by atoms with E-state index >= 15 is 0 Å². The van der Waals surface area contributed by atoms with E-state index in [2.05, 4.69) is 21.4 Å². The number of fused-ring (bicyclic) bond motifs is 3. The predicted molar refractivity (Wildman–Crippen MR) is 142 cm³/mol. The summed E-state index contributed by atoms with van der Waals surface area (Å²) in [5.74, 6) is -0.800. The van der Waals surface area contributed by atoms with E-state index in [0.717, 1.165) is 22.0 Å². The summed E-state index contributed by atoms with van der Waals surface area (Å²) >= 11 is 2.39. The average molecular weight is 546 g/mol. The van der Waals surface area contributed by atoms with Gasteiger partial charge in [0.25, 0.3) is 11.5 Å². The third kappa shape index (κ3) is 4.65. The number of rotatable bonds is 7. The highest BCUT2D eigenvalue weighted by atomic mass is 32.2. The minimum absolute atomic E-state index is 0.117. The molecule has 190 valence electrons. The van der Waals surface area contributed by atoms with Gasteiger partial charge >= 0.3 is 5.97 Å². The zero-order chi connectivity index (χ0) is 26.8. The van der Waals surface area contributed by atoms with Crippen LogP contribution >= 0.6 is 23.1 Å². The third-order valence-corrected chi connectivity index (χ3v) is 7.61. The maximum Gasteiger partial charge on any atom is 0.316 e. The number of aryl methyl sites for hydroxylation is 1. The number of aromatic nitrogens is 3. The molecule has 38 heavy (non-hydrogen) atoms. The summed E-state index contributed by atoms with van der Waals surface area (Å²) in [4.78, 5) is 47.2. The van der Waals surface area contributed by atoms with Crippen LogP contribution in [0.4, 0.5) is 0 Å². The quantitative estimate of drug-likeness (QED) is 0.238. The van der Waals surface area contributed by atoms with Crippen molar-refractivity contribution >= 4 is 50.2 Å². The van der Waals surface area contributed by atoms with E-state index in [1.54, 1.807) is 19.1 Å². The molecule has 4 heterocycles. The highest BCUT2D eigenvalue weighted by Crippen LogP contribution is 2.35. The average Bonchev–Trinajstić information content (AvgIpc) is 3.58. The lowest BCUT2D eigenvalue weighted by atomic mass is 9.99. The van der Waals surface area contributed by atoms with Crippen LogP contribution in [0.25, 0.3) is 26.5 Å². The lowest BCUT2D eigenvalue weighted by Gasteiger charge is -2.14. The lowest BCUT2D eigenvalue weighted by molar-refractivity contribution is -0.141. The smallest absolute Gasteiger partial charge is 0.316 e. The van der Waals surface area contributed by atoms with Gasteiger partial charge in [0, 0.05) is 13.1 Å². The first-order valence-corrected chi connectivity index (χ1v) is 13.1. The molecule has 1 N–H and O–H groups in total. The van der Waals surface area contributed by atoms with Crippen LogP contribution < -0.4 is 10.9 Å². The van der Waals surface area contributed by atoms with E-state index in [-0.39, 0.29) is 34.1 Å². The summed E-state index contributed by atoms with van der Waals surface area (Å²) in [5, 5.41) is 12.7. The highest BCUT2D eigenvalue weighted by molar-refractivity contribution is 7.99. The molecular weight excluding hydrogens is 526 g/mol. The molecular formula is C26H19N5O5S2. The van der Waals surface area contributed by atoms with Crippen LogP contribution in [-0.4, -0.2) is 39.0 Å². The number of thiazole rings is 1. The van der Waals surface area contributed by atoms with Gasteiger partial charge in [-0.05, 0) is 31.2 Å². The Kier molecular flexibility index (Phi) is 6.95. The normalized spacial score (nSPS) is 11.0. The molecule has 10 nitrogen and oxygen atoms in total. The number of nitrogens with one attached hydrogen (secondary N) is 1. The fourth-order valence-corrected chi connectivity index (χ4v) is 5.86. The molecule has 0 unspecified atom stereocenters. The van der Waals surface area contributed by atoms with Gasteiger partial charge in [-0.2, -0.15) is 5.26 Å². The fourth-order valence-electron chi connectivity index (χ4n) is 3.98. The second-order valence-corrected chi connectivity index (χ2v) is 9.99. The standard InChI is InChI=1S/C26H19N5O5S2/c1-14-22(24(34)28-2)23(18-7-5-9-35-18)16(11-27)25(29-14)37-13-21(33)36-12-15-10-20(32)31-17-6-3-4-8-19(17)38-26(31)30-15/h3-10H,12-13H2,1-2H3,(H,28,34). The Morgan fingerprint density at radius 1 is 1.24 bits per heavy atom. The van der Waals surface area contributed by atoms with Crippen LogP contribution in [0.5, 0.6) is 0 Å². The van der Waals surface area contributed by atoms with Crippen molar-refractivity contribution in [2.45, 2.75) is 18.6 Å². The number of thioether (sulfide) groups is 1. The second kappa shape index (κ2) is 10.5. The van der Waals surface area contributed by atoms with Gasteiger partial charge in [0.05, 0.1) is 50.3 Å². The number of ether oxygens (including phenoxy) is 1. The van der Waals surface area contributed by atoms with Gasteiger partial charge in [-0.25, -0.2) is 9.97 Å². The molecule has 4 aromatic heterocycles. The minimum atomic E-state index is -0.577. The highest BCUT2D eigenvalue weighted by Gasteiger charge is 2.25. The molecule has 0 saturated heterocycles. The van der Waals surface area contributed by atoms with Gasteiger partial charge in [0.1, 0.15) is 23.5 Å². The summed E-state index contributed by atoms with van der Waals surface area (Å²) in [6.07, 6.45) is 1.44. The Bertz CT molecular complexity index is 1800. The number of hydrogen-bond acceptors (Lipinski definition) is 10. The Hall–Kier alpha value is -4.47. The largest absolute Gasteiger partial charge is 0.464 e. The molecule has 0 saturated carbocycles. The number of carbonyl (C=O) groups is 2. The third-order valence-electron chi connectivity index (χ3n) is 5.63. The first-order chi connectivity index (χ1) is 18.4. The number of esters is 1. The van der Waals surface area contributed by atoms with Gasteiger partial charge in [-0.1, -0.05) is 35.2 Å². The van der Waals surface area contributed by atoms with E-state index in [0.29, 0.717) is 27.7 Å². The van der Waals surface area contributed by atoms with Gasteiger partial charge in [-0.3, -0.25) is 18.8 Å². The number of nitriles is 1. The first-order valence-electron chi connectivity index (χ1n) is 11.3. The number of amides is 1. The van der Waals surface area contributed by atoms with Crippen LogP contribution in [0.1, 0.15) is 27.3 Å². The van der Waals surface area contributed by atoms with E-state index < -0.39 is 11.9 Å². The second-order valence-electron chi connectivity index (χ2n) is 8.02. The molecule has 1 amide bonds. The first kappa shape index (κ1) is 25.2. The van der Waals surface area contributed by atoms with Crippen molar-refractivity contribution in [2.75, 3.05) is 12.8 Å². The Labute approximate surface area is 223 Å². The number of carbonyl (C=O) groups excluding carboxylic acids is 2. The van der Waals surface area contributed by atoms with Crippen LogP contribution in [0, 0.1) is 18.3 Å². The van der Waals surface area contributed by atoms with Gasteiger partial charge in [0.2, 0.25) is 0 Å². The number of benzene rings is 1. The molecule has 1 aromatic carbocycles. The summed E-state index contributed by atoms with van der Waals surface area (Å²) in [5.41, 5.74) is 1.88. The maximum atomic E-state index is 12.7. The zero-order valence-corrected chi connectivity index (χ0v) is 21.8. The number of pyridine rings is 1. The minimum Gasteiger partial charge on any atom is -0.464 e. The van der Waals surface area contributed by atoms with Crippen LogP contribution in [0.3, 0.4) is 0 Å². The van der Waals surface area contributed by atoms with Crippen molar-refractivity contribution in [3.05, 3.63) is 81.6 Å². The van der Waals surface area contributed by atoms with E-state index in [9.17, 15) is 19.6 Å². The Morgan fingerprint density at radius 2 is 2.05 bits per heavy atom. The van der Waals surface area contributed by atoms with Crippen molar-refractivity contribution in [1.82, 2.24) is 19.7 Å². The van der Waals surface area contributed by atoms with Crippen molar-refractivity contribution in [3.8, 4) is 17.4 Å². The van der Waals surface area contributed by atoms with Crippen molar-refractivity contribution < 1.29 is 18.7 Å². The molecule has 0 bridgehead atoms. The van der Waals surface area contributed by atoms with E-state index in [1.807, 2.05) is 24.3 Å². The SMILES string of the molecule is CNC(=O)c1c(C)nc(SCC(=O)OCc2cc(=O)n3c(n2)sc2ccccc23)c(C#N)c1-c1ccco1. The van der Waals surface area contributed by atoms with Crippen molar-refractivity contribution in [1.29, 1.82) is 5.26 Å². The van der Waals surface area contributed by atoms with Crippen molar-refractivity contribution in [2.24, 2.45) is 0 Å². The summed E-state index contributed by atoms with van der Waals surface area (Å²) < 4.78 is 13.3. The molecule has 0 radical (unpaired) electrons. The number of furan rings is 1. The predicted octanol–water partition coefficient (Wildman–Crippen LogP) is 3.94. The molecule has 12 heteroatoms.